The van der Waals surface area contributed by atoms with Crippen LogP contribution in [-0.4, -0.2) is 54.9 Å². The van der Waals surface area contributed by atoms with Crippen LogP contribution < -0.4 is 4.90 Å². The van der Waals surface area contributed by atoms with Gasteiger partial charge in [-0.15, -0.1) is 10.2 Å². The quantitative estimate of drug-likeness (QED) is 0.375. The van der Waals surface area contributed by atoms with Gasteiger partial charge in [0.2, 0.25) is 12.3 Å². The molecule has 7 nitrogen and oxygen atoms in total. The van der Waals surface area contributed by atoms with E-state index in [1.807, 2.05) is 0 Å². The van der Waals surface area contributed by atoms with Gasteiger partial charge in [0.05, 0.1) is 24.8 Å². The number of aromatic nitrogens is 2. The normalized spacial score (nSPS) is 14.3. The Bertz CT molecular complexity index is 1090. The van der Waals surface area contributed by atoms with Gasteiger partial charge in [-0.1, -0.05) is 23.7 Å². The van der Waals surface area contributed by atoms with E-state index in [0.29, 0.717) is 23.2 Å². The van der Waals surface area contributed by atoms with E-state index in [0.717, 1.165) is 32.4 Å². The molecule has 0 spiro atoms. The molecular formula is C22H21ClF4N4O3. The topological polar surface area (TPSA) is 71.7 Å². The fraction of sp³-hybridized carbons (Fsp3) is 0.318. The van der Waals surface area contributed by atoms with E-state index in [2.05, 4.69) is 26.6 Å². The Labute approximate surface area is 197 Å². The predicted molar refractivity (Wildman–Crippen MR) is 117 cm³/mol. The first-order valence-electron chi connectivity index (χ1n) is 10.1. The van der Waals surface area contributed by atoms with Gasteiger partial charge in [0.25, 0.3) is 0 Å². The van der Waals surface area contributed by atoms with E-state index in [4.69, 9.17) is 16.3 Å². The van der Waals surface area contributed by atoms with Crippen LogP contribution in [0.5, 0.6) is 0 Å². The molecule has 1 aliphatic heterocycles. The number of rotatable bonds is 5. The number of likely N-dealkylation sites (N-methyl/N-ethyl adjacent to an activating group) is 1. The van der Waals surface area contributed by atoms with Crippen molar-refractivity contribution >= 4 is 23.7 Å². The molecule has 1 aromatic heterocycles. The van der Waals surface area contributed by atoms with Crippen LogP contribution in [0.4, 0.5) is 23.2 Å². The molecule has 12 heteroatoms. The standard InChI is InChI=1S/C17H10ClF4N3O2.C5H11NO/c18-13-7-12(5-6-14(13)19)25(9-26)8-10-1-3-11(4-2-10)15-23-24-16(27-15)17(20,21)22;1-6-2-4-7-5-3-6/h1-7,9H,8H2;2-5H2,1H3. The Morgan fingerprint density at radius 2 is 1.79 bits per heavy atom. The maximum Gasteiger partial charge on any atom is 0.470 e. The van der Waals surface area contributed by atoms with Gasteiger partial charge in [-0.05, 0) is 42.9 Å². The molecule has 0 atom stereocenters. The molecule has 0 aliphatic carbocycles. The molecule has 182 valence electrons. The summed E-state index contributed by atoms with van der Waals surface area (Å²) >= 11 is 5.72. The number of carbonyl (C=O) groups excluding carboxylic acids is 1. The minimum Gasteiger partial charge on any atom is -0.413 e. The molecule has 1 fully saturated rings. The summed E-state index contributed by atoms with van der Waals surface area (Å²) in [5, 5.41) is 6.22. The van der Waals surface area contributed by atoms with Crippen LogP contribution in [0.3, 0.4) is 0 Å². The molecule has 2 heterocycles. The molecule has 34 heavy (non-hydrogen) atoms. The van der Waals surface area contributed by atoms with Crippen molar-refractivity contribution in [2.24, 2.45) is 0 Å². The second kappa shape index (κ2) is 11.4. The van der Waals surface area contributed by atoms with E-state index in [1.54, 1.807) is 12.1 Å². The molecule has 2 aromatic carbocycles. The van der Waals surface area contributed by atoms with Crippen LogP contribution in [0.1, 0.15) is 11.5 Å². The Morgan fingerprint density at radius 3 is 2.29 bits per heavy atom. The second-order valence-electron chi connectivity index (χ2n) is 7.35. The highest BCUT2D eigenvalue weighted by Crippen LogP contribution is 2.30. The summed E-state index contributed by atoms with van der Waals surface area (Å²) in [5.41, 5.74) is 1.36. The summed E-state index contributed by atoms with van der Waals surface area (Å²) in [6, 6.07) is 10.0. The highest BCUT2D eigenvalue weighted by Gasteiger charge is 2.38. The molecule has 0 bridgehead atoms. The zero-order valence-corrected chi connectivity index (χ0v) is 18.8. The van der Waals surface area contributed by atoms with Crippen LogP contribution >= 0.6 is 11.6 Å². The van der Waals surface area contributed by atoms with Gasteiger partial charge in [0.1, 0.15) is 5.82 Å². The zero-order valence-electron chi connectivity index (χ0n) is 18.1. The SMILES string of the molecule is CN1CCOCC1.O=CN(Cc1ccc(-c2nnc(C(F)(F)F)o2)cc1)c1ccc(F)c(Cl)c1. The largest absolute Gasteiger partial charge is 0.470 e. The molecule has 0 radical (unpaired) electrons. The Kier molecular flexibility index (Phi) is 8.59. The first kappa shape index (κ1) is 25.6. The summed E-state index contributed by atoms with van der Waals surface area (Å²) in [7, 11) is 2.11. The third-order valence-corrected chi connectivity index (χ3v) is 5.11. The summed E-state index contributed by atoms with van der Waals surface area (Å²) in [4.78, 5) is 14.9. The van der Waals surface area contributed by atoms with Crippen LogP contribution in [-0.2, 0) is 22.3 Å². The lowest BCUT2D eigenvalue weighted by Crippen LogP contribution is -2.32. The first-order chi connectivity index (χ1) is 16.2. The highest BCUT2D eigenvalue weighted by molar-refractivity contribution is 6.31. The molecule has 1 aliphatic rings. The number of alkyl halides is 3. The summed E-state index contributed by atoms with van der Waals surface area (Å²) in [6.07, 6.45) is -4.16. The van der Waals surface area contributed by atoms with Gasteiger partial charge in [0, 0.05) is 24.3 Å². The van der Waals surface area contributed by atoms with Crippen molar-refractivity contribution in [1.29, 1.82) is 0 Å². The van der Waals surface area contributed by atoms with E-state index in [9.17, 15) is 22.4 Å². The number of halogens is 5. The minimum absolute atomic E-state index is 0.119. The third-order valence-electron chi connectivity index (χ3n) is 4.82. The van der Waals surface area contributed by atoms with Gasteiger partial charge >= 0.3 is 12.1 Å². The number of benzene rings is 2. The highest BCUT2D eigenvalue weighted by atomic mass is 35.5. The molecule has 3 aromatic rings. The molecule has 1 saturated heterocycles. The number of ether oxygens (including phenoxy) is 1. The van der Waals surface area contributed by atoms with Gasteiger partial charge in [-0.25, -0.2) is 4.39 Å². The predicted octanol–water partition coefficient (Wildman–Crippen LogP) is 4.66. The lowest BCUT2D eigenvalue weighted by atomic mass is 10.1. The molecule has 4 rings (SSSR count). The van der Waals surface area contributed by atoms with Gasteiger partial charge in [-0.3, -0.25) is 4.79 Å². The summed E-state index contributed by atoms with van der Waals surface area (Å²) in [5.74, 6) is -2.30. The van der Waals surface area contributed by atoms with Crippen molar-refractivity contribution in [2.75, 3.05) is 38.3 Å². The molecular weight excluding hydrogens is 480 g/mol. The minimum atomic E-state index is -4.72. The Balaban J connectivity index is 0.000000396. The summed E-state index contributed by atoms with van der Waals surface area (Å²) < 4.78 is 60.5. The van der Waals surface area contributed by atoms with Crippen molar-refractivity contribution in [3.8, 4) is 11.5 Å². The molecule has 0 N–H and O–H groups in total. The fourth-order valence-electron chi connectivity index (χ4n) is 2.91. The third kappa shape index (κ3) is 6.99. The number of carbonyl (C=O) groups is 1. The zero-order chi connectivity index (χ0) is 24.7. The Hall–Kier alpha value is -3.02. The number of amides is 1. The molecule has 1 amide bonds. The monoisotopic (exact) mass is 500 g/mol. The molecule has 0 unspecified atom stereocenters. The number of morpholine rings is 1. The second-order valence-corrected chi connectivity index (χ2v) is 7.76. The average molecular weight is 501 g/mol. The van der Waals surface area contributed by atoms with Crippen molar-refractivity contribution < 1.29 is 31.5 Å². The van der Waals surface area contributed by atoms with E-state index < -0.39 is 17.9 Å². The lowest BCUT2D eigenvalue weighted by Gasteiger charge is -2.21. The van der Waals surface area contributed by atoms with Crippen LogP contribution in [0.2, 0.25) is 5.02 Å². The maximum atomic E-state index is 13.2. The molecule has 0 saturated carbocycles. The number of hydrogen-bond acceptors (Lipinski definition) is 6. The number of nitrogens with zero attached hydrogens (tertiary/aromatic N) is 4. The van der Waals surface area contributed by atoms with Crippen LogP contribution in [0.15, 0.2) is 46.9 Å². The number of anilines is 1. The van der Waals surface area contributed by atoms with Gasteiger partial charge < -0.3 is 19.0 Å². The van der Waals surface area contributed by atoms with E-state index >= 15 is 0 Å². The number of hydrogen-bond donors (Lipinski definition) is 0. The first-order valence-corrected chi connectivity index (χ1v) is 10.5. The van der Waals surface area contributed by atoms with Crippen molar-refractivity contribution in [2.45, 2.75) is 12.7 Å². The van der Waals surface area contributed by atoms with Crippen molar-refractivity contribution in [3.05, 3.63) is 64.8 Å². The summed E-state index contributed by atoms with van der Waals surface area (Å²) in [6.45, 7) is 4.16. The van der Waals surface area contributed by atoms with Crippen molar-refractivity contribution in [3.63, 3.8) is 0 Å². The average Bonchev–Trinajstić information content (AvgIpc) is 3.32. The Morgan fingerprint density at radius 1 is 1.12 bits per heavy atom. The van der Waals surface area contributed by atoms with Gasteiger partial charge in [0.15, 0.2) is 0 Å². The van der Waals surface area contributed by atoms with Crippen molar-refractivity contribution in [1.82, 2.24) is 15.1 Å². The smallest absolute Gasteiger partial charge is 0.413 e. The fourth-order valence-corrected chi connectivity index (χ4v) is 3.09. The lowest BCUT2D eigenvalue weighted by molar-refractivity contribution is -0.156. The van der Waals surface area contributed by atoms with Crippen LogP contribution in [0.25, 0.3) is 11.5 Å². The van der Waals surface area contributed by atoms with Gasteiger partial charge in [-0.2, -0.15) is 13.2 Å². The van der Waals surface area contributed by atoms with Crippen LogP contribution in [0, 0.1) is 5.82 Å². The maximum absolute atomic E-state index is 13.2. The van der Waals surface area contributed by atoms with E-state index in [-0.39, 0.29) is 17.5 Å². The van der Waals surface area contributed by atoms with E-state index in [1.165, 1.54) is 29.2 Å².